The molecule has 0 aliphatic carbocycles. The zero-order chi connectivity index (χ0) is 25.6. The van der Waals surface area contributed by atoms with Gasteiger partial charge in [0.25, 0.3) is 0 Å². The predicted molar refractivity (Wildman–Crippen MR) is 152 cm³/mol. The Morgan fingerprint density at radius 2 is 1.61 bits per heavy atom. The second kappa shape index (κ2) is 8.81. The van der Waals surface area contributed by atoms with E-state index < -0.39 is 0 Å². The first-order valence-corrected chi connectivity index (χ1v) is 12.6. The van der Waals surface area contributed by atoms with Crippen molar-refractivity contribution in [3.05, 3.63) is 126 Å². The van der Waals surface area contributed by atoms with Gasteiger partial charge >= 0.3 is 0 Å². The van der Waals surface area contributed by atoms with Gasteiger partial charge in [0.1, 0.15) is 0 Å². The van der Waals surface area contributed by atoms with Crippen molar-refractivity contribution < 1.29 is 0 Å². The first-order chi connectivity index (χ1) is 18.7. The molecule has 1 N–H and O–H groups in total. The fraction of sp³-hybridized carbons (Fsp3) is 0.0968. The number of rotatable bonds is 3. The fourth-order valence-electron chi connectivity index (χ4n) is 5.25. The summed E-state index contributed by atoms with van der Waals surface area (Å²) in [5.41, 5.74) is 7.14. The maximum Gasteiger partial charge on any atom is 0.179 e. The Bertz CT molecular complexity index is 1720. The van der Waals surface area contributed by atoms with Crippen molar-refractivity contribution in [3.8, 4) is 5.82 Å². The maximum absolute atomic E-state index is 5.25. The number of nitrogens with one attached hydrogen (secondary N) is 1. The van der Waals surface area contributed by atoms with E-state index in [0.29, 0.717) is 5.84 Å². The minimum absolute atomic E-state index is 0.151. The smallest absolute Gasteiger partial charge is 0.179 e. The Morgan fingerprint density at radius 1 is 0.789 bits per heavy atom. The van der Waals surface area contributed by atoms with Crippen LogP contribution in [0.3, 0.4) is 0 Å². The van der Waals surface area contributed by atoms with E-state index in [9.17, 15) is 0 Å². The Balaban J connectivity index is 1.50. The number of aliphatic imine (C=N–C) groups is 2. The number of hydrogen-bond donors (Lipinski definition) is 1. The number of aromatic nitrogens is 3. The summed E-state index contributed by atoms with van der Waals surface area (Å²) in [6.07, 6.45) is 1.78. The third-order valence-corrected chi connectivity index (χ3v) is 6.90. The highest BCUT2D eigenvalue weighted by atomic mass is 15.4. The normalized spacial score (nSPS) is 15.6. The molecule has 38 heavy (non-hydrogen) atoms. The summed E-state index contributed by atoms with van der Waals surface area (Å²) < 4.78 is 1.84. The van der Waals surface area contributed by atoms with Gasteiger partial charge in [-0.2, -0.15) is 9.78 Å². The largest absolute Gasteiger partial charge is 0.337 e. The molecule has 0 fully saturated rings. The van der Waals surface area contributed by atoms with Crippen LogP contribution in [0.4, 0.5) is 22.9 Å². The van der Waals surface area contributed by atoms with Gasteiger partial charge in [-0.1, -0.05) is 60.7 Å². The van der Waals surface area contributed by atoms with E-state index in [-0.39, 0.29) is 6.04 Å². The number of hydrogen-bond acceptors (Lipinski definition) is 6. The van der Waals surface area contributed by atoms with Crippen LogP contribution in [-0.4, -0.2) is 26.4 Å². The van der Waals surface area contributed by atoms with Crippen LogP contribution in [0, 0.1) is 13.8 Å². The molecular weight excluding hydrogens is 470 g/mol. The number of aryl methyl sites for hydroxylation is 2. The average Bonchev–Trinajstić information content (AvgIpc) is 3.29. The summed E-state index contributed by atoms with van der Waals surface area (Å²) in [4.78, 5) is 17.2. The van der Waals surface area contributed by atoms with Crippen LogP contribution in [0.2, 0.25) is 0 Å². The summed E-state index contributed by atoms with van der Waals surface area (Å²) in [6, 6.07) is 32.7. The third-order valence-electron chi connectivity index (χ3n) is 6.90. The molecule has 0 radical (unpaired) electrons. The molecular formula is C31H25N7. The van der Waals surface area contributed by atoms with E-state index in [1.807, 2.05) is 66.2 Å². The summed E-state index contributed by atoms with van der Waals surface area (Å²) >= 11 is 0. The van der Waals surface area contributed by atoms with Crippen molar-refractivity contribution in [3.63, 3.8) is 0 Å². The Labute approximate surface area is 220 Å². The lowest BCUT2D eigenvalue weighted by molar-refractivity contribution is 0.810. The molecule has 7 rings (SSSR count). The van der Waals surface area contributed by atoms with Gasteiger partial charge in [-0.15, -0.1) is 0 Å². The van der Waals surface area contributed by atoms with Crippen molar-refractivity contribution in [1.82, 2.24) is 14.8 Å². The van der Waals surface area contributed by atoms with E-state index in [1.165, 1.54) is 5.56 Å². The van der Waals surface area contributed by atoms with Gasteiger partial charge in [0.15, 0.2) is 23.3 Å². The molecule has 0 saturated heterocycles. The zero-order valence-electron chi connectivity index (χ0n) is 21.1. The molecule has 1 atom stereocenters. The molecule has 184 valence electrons. The molecule has 0 spiro atoms. The molecule has 4 heterocycles. The van der Waals surface area contributed by atoms with Gasteiger partial charge in [0, 0.05) is 17.4 Å². The maximum atomic E-state index is 5.25. The molecule has 7 heteroatoms. The number of nitrogens with zero attached hydrogens (tertiary/aromatic N) is 6. The van der Waals surface area contributed by atoms with E-state index >= 15 is 0 Å². The molecule has 7 nitrogen and oxygen atoms in total. The van der Waals surface area contributed by atoms with Crippen LogP contribution in [-0.2, 0) is 0 Å². The predicted octanol–water partition coefficient (Wildman–Crippen LogP) is 6.68. The van der Waals surface area contributed by atoms with Crippen LogP contribution in [0.15, 0.2) is 113 Å². The lowest BCUT2D eigenvalue weighted by Crippen LogP contribution is -2.46. The molecule has 0 bridgehead atoms. The highest BCUT2D eigenvalue weighted by Crippen LogP contribution is 2.48. The SMILES string of the molecule is Cc1cccc(NC2=Nc3ccccc3N3C2=Nc2c(c(C)nn2-c2ccccn2)[C@@H]3c2ccccc2)c1. The van der Waals surface area contributed by atoms with Crippen LogP contribution < -0.4 is 10.2 Å². The van der Waals surface area contributed by atoms with Gasteiger partial charge in [0.05, 0.1) is 23.1 Å². The number of benzene rings is 3. The lowest BCUT2D eigenvalue weighted by Gasteiger charge is -2.40. The highest BCUT2D eigenvalue weighted by Gasteiger charge is 2.41. The molecule has 2 aliphatic heterocycles. The zero-order valence-corrected chi connectivity index (χ0v) is 21.1. The Morgan fingerprint density at radius 3 is 2.42 bits per heavy atom. The second-order valence-electron chi connectivity index (χ2n) is 9.48. The van der Waals surface area contributed by atoms with E-state index in [4.69, 9.17) is 15.1 Å². The number of fused-ring (bicyclic) bond motifs is 4. The van der Waals surface area contributed by atoms with Crippen molar-refractivity contribution in [2.24, 2.45) is 9.98 Å². The molecule has 0 unspecified atom stereocenters. The monoisotopic (exact) mass is 495 g/mol. The molecule has 0 amide bonds. The van der Waals surface area contributed by atoms with E-state index in [0.717, 1.165) is 51.4 Å². The van der Waals surface area contributed by atoms with Crippen molar-refractivity contribution >= 4 is 34.6 Å². The van der Waals surface area contributed by atoms with Gasteiger partial charge in [-0.3, -0.25) is 0 Å². The lowest BCUT2D eigenvalue weighted by atomic mass is 9.93. The number of amidine groups is 2. The quantitative estimate of drug-likeness (QED) is 0.303. The van der Waals surface area contributed by atoms with Gasteiger partial charge < -0.3 is 10.2 Å². The first kappa shape index (κ1) is 22.2. The summed E-state index contributed by atoms with van der Waals surface area (Å²) in [5.74, 6) is 2.91. The first-order valence-electron chi connectivity index (χ1n) is 12.6. The van der Waals surface area contributed by atoms with Gasteiger partial charge in [-0.05, 0) is 61.4 Å². The second-order valence-corrected chi connectivity index (χ2v) is 9.48. The number of para-hydroxylation sites is 2. The minimum Gasteiger partial charge on any atom is -0.337 e. The fourth-order valence-corrected chi connectivity index (χ4v) is 5.25. The summed E-state index contributed by atoms with van der Waals surface area (Å²) in [7, 11) is 0. The summed E-state index contributed by atoms with van der Waals surface area (Å²) in [5, 5.41) is 8.50. The topological polar surface area (TPSA) is 70.7 Å². The van der Waals surface area contributed by atoms with Crippen molar-refractivity contribution in [1.29, 1.82) is 0 Å². The molecule has 0 saturated carbocycles. The van der Waals surface area contributed by atoms with Crippen LogP contribution in [0.5, 0.6) is 0 Å². The third kappa shape index (κ3) is 3.59. The highest BCUT2D eigenvalue weighted by molar-refractivity contribution is 6.51. The van der Waals surface area contributed by atoms with Crippen LogP contribution in [0.1, 0.15) is 28.4 Å². The van der Waals surface area contributed by atoms with E-state index in [2.05, 4.69) is 64.6 Å². The van der Waals surface area contributed by atoms with Gasteiger partial charge in [0.2, 0.25) is 0 Å². The van der Waals surface area contributed by atoms with E-state index in [1.54, 1.807) is 6.20 Å². The summed E-state index contributed by atoms with van der Waals surface area (Å²) in [6.45, 7) is 4.13. The van der Waals surface area contributed by atoms with Gasteiger partial charge in [-0.25, -0.2) is 15.0 Å². The Hall–Kier alpha value is -5.04. The van der Waals surface area contributed by atoms with Crippen molar-refractivity contribution in [2.75, 3.05) is 10.2 Å². The molecule has 5 aromatic rings. The number of anilines is 2. The Kier molecular flexibility index (Phi) is 5.14. The van der Waals surface area contributed by atoms with Crippen LogP contribution in [0.25, 0.3) is 5.82 Å². The average molecular weight is 496 g/mol. The number of pyridine rings is 1. The standard InChI is InChI=1S/C31H25N7/c1-20-11-10-14-23(19-20)33-29-31-35-30-27(21(2)36-38(30)26-17-8-9-18-32-26)28(22-12-4-3-5-13-22)37(31)25-16-7-6-15-24(25)34-29/h3-19,28H,1-2H3,(H,33,34)/t28-/m0/s1. The molecule has 2 aliphatic rings. The van der Waals surface area contributed by atoms with Crippen LogP contribution >= 0.6 is 0 Å². The molecule has 3 aromatic carbocycles. The minimum atomic E-state index is -0.151. The van der Waals surface area contributed by atoms with Crippen molar-refractivity contribution in [2.45, 2.75) is 19.9 Å². The molecule has 2 aromatic heterocycles.